The lowest BCUT2D eigenvalue weighted by Gasteiger charge is -2.06. The van der Waals surface area contributed by atoms with Crippen LogP contribution in [-0.4, -0.2) is 32.8 Å². The van der Waals surface area contributed by atoms with Gasteiger partial charge in [0.2, 0.25) is 0 Å². The Kier molecular flexibility index (Phi) is 3.35. The van der Waals surface area contributed by atoms with Crippen LogP contribution in [0.4, 0.5) is 5.69 Å². The van der Waals surface area contributed by atoms with Crippen molar-refractivity contribution in [3.05, 3.63) is 42.7 Å². The van der Waals surface area contributed by atoms with Gasteiger partial charge in [-0.3, -0.25) is 4.98 Å². The second-order valence-corrected chi connectivity index (χ2v) is 4.59. The normalized spacial score (nSPS) is 10.9. The number of aromatic nitrogens is 3. The summed E-state index contributed by atoms with van der Waals surface area (Å²) in [5.74, 6) is 0.918. The summed E-state index contributed by atoms with van der Waals surface area (Å²) >= 11 is 0. The average Bonchev–Trinajstić information content (AvgIpc) is 2.83. The predicted molar refractivity (Wildman–Crippen MR) is 79.5 cm³/mol. The molecular weight excluding hydrogens is 252 g/mol. The Morgan fingerprint density at radius 3 is 2.70 bits per heavy atom. The molecule has 3 rings (SSSR count). The molecule has 0 aliphatic carbocycles. The molecule has 0 aliphatic rings. The molecule has 102 valence electrons. The number of aliphatic hydroxyl groups is 1. The average molecular weight is 268 g/mol. The van der Waals surface area contributed by atoms with Gasteiger partial charge >= 0.3 is 0 Å². The molecule has 0 bridgehead atoms. The van der Waals surface area contributed by atoms with E-state index < -0.39 is 0 Å². The number of hydrogen-bond donors (Lipinski definition) is 2. The molecule has 0 fully saturated rings. The summed E-state index contributed by atoms with van der Waals surface area (Å²) in [7, 11) is 1.99. The molecule has 0 atom stereocenters. The van der Waals surface area contributed by atoms with E-state index in [9.17, 15) is 0 Å². The van der Waals surface area contributed by atoms with Crippen LogP contribution in [0.15, 0.2) is 42.7 Å². The second-order valence-electron chi connectivity index (χ2n) is 4.59. The van der Waals surface area contributed by atoms with Crippen LogP contribution >= 0.6 is 0 Å². The van der Waals surface area contributed by atoms with E-state index in [0.29, 0.717) is 6.54 Å². The van der Waals surface area contributed by atoms with Crippen LogP contribution in [0.3, 0.4) is 0 Å². The lowest BCUT2D eigenvalue weighted by Crippen LogP contribution is -2.05. The Bertz CT molecular complexity index is 718. The van der Waals surface area contributed by atoms with E-state index in [1.165, 1.54) is 0 Å². The second kappa shape index (κ2) is 5.30. The monoisotopic (exact) mass is 268 g/mol. The van der Waals surface area contributed by atoms with Crippen molar-refractivity contribution in [3.63, 3.8) is 0 Å². The Morgan fingerprint density at radius 1 is 1.20 bits per heavy atom. The molecule has 0 saturated carbocycles. The van der Waals surface area contributed by atoms with Crippen molar-refractivity contribution in [2.24, 2.45) is 7.05 Å². The maximum absolute atomic E-state index is 8.80. The van der Waals surface area contributed by atoms with Crippen molar-refractivity contribution in [1.29, 1.82) is 0 Å². The van der Waals surface area contributed by atoms with Gasteiger partial charge in [0.05, 0.1) is 23.8 Å². The molecule has 2 aromatic heterocycles. The first kappa shape index (κ1) is 12.6. The van der Waals surface area contributed by atoms with Gasteiger partial charge < -0.3 is 15.0 Å². The number of aliphatic hydroxyl groups excluding tert-OH is 1. The maximum Gasteiger partial charge on any atom is 0.140 e. The van der Waals surface area contributed by atoms with Crippen molar-refractivity contribution in [3.8, 4) is 11.4 Å². The summed E-state index contributed by atoms with van der Waals surface area (Å²) in [6.07, 6.45) is 3.57. The van der Waals surface area contributed by atoms with Gasteiger partial charge in [-0.25, -0.2) is 4.98 Å². The Balaban J connectivity index is 1.96. The number of pyridine rings is 1. The summed E-state index contributed by atoms with van der Waals surface area (Å²) in [5, 5.41) is 11.9. The molecule has 5 heteroatoms. The third kappa shape index (κ3) is 2.23. The van der Waals surface area contributed by atoms with Gasteiger partial charge in [0, 0.05) is 31.0 Å². The van der Waals surface area contributed by atoms with Crippen molar-refractivity contribution < 1.29 is 5.11 Å². The highest BCUT2D eigenvalue weighted by Gasteiger charge is 2.09. The standard InChI is InChI=1S/C15H16N4O/c1-19-14-10-16-7-6-13(14)18-15(19)11-2-4-12(5-3-11)17-8-9-20/h2-7,10,17,20H,8-9H2,1H3. The zero-order valence-electron chi connectivity index (χ0n) is 11.2. The fraction of sp³-hybridized carbons (Fsp3) is 0.200. The molecule has 2 N–H and O–H groups in total. The Labute approximate surface area is 116 Å². The first-order valence-electron chi connectivity index (χ1n) is 6.51. The third-order valence-electron chi connectivity index (χ3n) is 3.27. The topological polar surface area (TPSA) is 63.0 Å². The first-order chi connectivity index (χ1) is 9.79. The van der Waals surface area contributed by atoms with Crippen LogP contribution in [0.1, 0.15) is 0 Å². The van der Waals surface area contributed by atoms with Crippen molar-refractivity contribution in [2.75, 3.05) is 18.5 Å². The molecule has 20 heavy (non-hydrogen) atoms. The number of benzene rings is 1. The molecule has 5 nitrogen and oxygen atoms in total. The zero-order valence-corrected chi connectivity index (χ0v) is 11.2. The number of nitrogens with one attached hydrogen (secondary N) is 1. The fourth-order valence-corrected chi connectivity index (χ4v) is 2.23. The number of fused-ring (bicyclic) bond motifs is 1. The van der Waals surface area contributed by atoms with Crippen LogP contribution in [0.25, 0.3) is 22.4 Å². The van der Waals surface area contributed by atoms with E-state index in [1.807, 2.05) is 48.1 Å². The molecule has 1 aromatic carbocycles. The number of rotatable bonds is 4. The molecule has 0 aliphatic heterocycles. The Hall–Kier alpha value is -2.40. The number of imidazole rings is 1. The van der Waals surface area contributed by atoms with E-state index in [-0.39, 0.29) is 6.61 Å². The molecule has 3 aromatic rings. The molecule has 0 amide bonds. The highest BCUT2D eigenvalue weighted by Crippen LogP contribution is 2.24. The van der Waals surface area contributed by atoms with Crippen LogP contribution in [0, 0.1) is 0 Å². The lowest BCUT2D eigenvalue weighted by molar-refractivity contribution is 0.311. The van der Waals surface area contributed by atoms with Gasteiger partial charge in [0.15, 0.2) is 0 Å². The molecule has 0 spiro atoms. The molecular formula is C15H16N4O. The minimum Gasteiger partial charge on any atom is -0.395 e. The van der Waals surface area contributed by atoms with Gasteiger partial charge in [-0.1, -0.05) is 0 Å². The molecule has 0 unspecified atom stereocenters. The maximum atomic E-state index is 8.80. The Morgan fingerprint density at radius 2 is 2.00 bits per heavy atom. The number of nitrogens with zero attached hydrogens (tertiary/aromatic N) is 3. The predicted octanol–water partition coefficient (Wildman–Crippen LogP) is 2.04. The summed E-state index contributed by atoms with van der Waals surface area (Å²) in [5.41, 5.74) is 4.01. The summed E-state index contributed by atoms with van der Waals surface area (Å²) < 4.78 is 2.04. The van der Waals surface area contributed by atoms with E-state index in [0.717, 1.165) is 28.1 Å². The van der Waals surface area contributed by atoms with Crippen LogP contribution in [0.5, 0.6) is 0 Å². The molecule has 0 saturated heterocycles. The first-order valence-corrected chi connectivity index (χ1v) is 6.51. The number of aryl methyl sites for hydroxylation is 1. The highest BCUT2D eigenvalue weighted by atomic mass is 16.3. The van der Waals surface area contributed by atoms with Crippen LogP contribution < -0.4 is 5.32 Å². The SMILES string of the molecule is Cn1c(-c2ccc(NCCO)cc2)nc2ccncc21. The largest absolute Gasteiger partial charge is 0.395 e. The van der Waals surface area contributed by atoms with E-state index in [1.54, 1.807) is 6.20 Å². The number of hydrogen-bond acceptors (Lipinski definition) is 4. The van der Waals surface area contributed by atoms with Crippen LogP contribution in [0.2, 0.25) is 0 Å². The van der Waals surface area contributed by atoms with Crippen molar-refractivity contribution >= 4 is 16.7 Å². The molecule has 2 heterocycles. The van der Waals surface area contributed by atoms with Crippen molar-refractivity contribution in [1.82, 2.24) is 14.5 Å². The molecule has 0 radical (unpaired) electrons. The van der Waals surface area contributed by atoms with Gasteiger partial charge in [0.1, 0.15) is 5.82 Å². The van der Waals surface area contributed by atoms with Gasteiger partial charge in [-0.15, -0.1) is 0 Å². The van der Waals surface area contributed by atoms with E-state index >= 15 is 0 Å². The summed E-state index contributed by atoms with van der Waals surface area (Å²) in [6.45, 7) is 0.677. The minimum absolute atomic E-state index is 0.125. The fourth-order valence-electron chi connectivity index (χ4n) is 2.23. The smallest absolute Gasteiger partial charge is 0.140 e. The quantitative estimate of drug-likeness (QED) is 0.760. The van der Waals surface area contributed by atoms with Gasteiger partial charge in [-0.05, 0) is 30.3 Å². The van der Waals surface area contributed by atoms with Crippen LogP contribution in [-0.2, 0) is 7.05 Å². The summed E-state index contributed by atoms with van der Waals surface area (Å²) in [6, 6.07) is 9.93. The minimum atomic E-state index is 0.125. The van der Waals surface area contributed by atoms with E-state index in [4.69, 9.17) is 5.11 Å². The summed E-state index contributed by atoms with van der Waals surface area (Å²) in [4.78, 5) is 8.77. The van der Waals surface area contributed by atoms with Gasteiger partial charge in [-0.2, -0.15) is 0 Å². The van der Waals surface area contributed by atoms with Gasteiger partial charge in [0.25, 0.3) is 0 Å². The number of anilines is 1. The lowest BCUT2D eigenvalue weighted by atomic mass is 10.2. The zero-order chi connectivity index (χ0) is 13.9. The highest BCUT2D eigenvalue weighted by molar-refractivity contribution is 5.79. The van der Waals surface area contributed by atoms with Crippen molar-refractivity contribution in [2.45, 2.75) is 0 Å². The van der Waals surface area contributed by atoms with E-state index in [2.05, 4.69) is 15.3 Å². The third-order valence-corrected chi connectivity index (χ3v) is 3.27.